The molecule has 3 heteroatoms. The molecule has 0 aromatic carbocycles. The Hall–Kier alpha value is -1.04. The summed E-state index contributed by atoms with van der Waals surface area (Å²) in [4.78, 5) is 11.6. The van der Waals surface area contributed by atoms with E-state index < -0.39 is 5.41 Å². The van der Waals surface area contributed by atoms with E-state index in [-0.39, 0.29) is 11.9 Å². The number of hydrogen-bond donors (Lipinski definition) is 0. The Morgan fingerprint density at radius 3 is 2.75 bits per heavy atom. The maximum absolute atomic E-state index is 11.6. The molecular weight excluding hydrogens is 202 g/mol. The van der Waals surface area contributed by atoms with Crippen molar-refractivity contribution in [2.75, 3.05) is 6.61 Å². The molecule has 16 heavy (non-hydrogen) atoms. The average molecular weight is 223 g/mol. The Bertz CT molecular complexity index is 282. The van der Waals surface area contributed by atoms with Crippen molar-refractivity contribution in [3.63, 3.8) is 0 Å². The van der Waals surface area contributed by atoms with Gasteiger partial charge in [-0.1, -0.05) is 32.6 Å². The highest BCUT2D eigenvalue weighted by molar-refractivity contribution is 5.84. The Morgan fingerprint density at radius 2 is 2.19 bits per heavy atom. The van der Waals surface area contributed by atoms with E-state index in [1.807, 2.05) is 0 Å². The first-order valence-electron chi connectivity index (χ1n) is 6.29. The molecule has 0 amide bonds. The van der Waals surface area contributed by atoms with E-state index >= 15 is 0 Å². The lowest BCUT2D eigenvalue weighted by atomic mass is 10.0. The van der Waals surface area contributed by atoms with E-state index in [1.54, 1.807) is 6.92 Å². The molecule has 0 N–H and O–H groups in total. The topological polar surface area (TPSA) is 50.1 Å². The first kappa shape index (κ1) is 13.0. The van der Waals surface area contributed by atoms with Gasteiger partial charge < -0.3 is 4.74 Å². The van der Waals surface area contributed by atoms with Gasteiger partial charge in [0.05, 0.1) is 12.7 Å². The summed E-state index contributed by atoms with van der Waals surface area (Å²) in [6.45, 7) is 4.32. The Labute approximate surface area is 97.8 Å². The first-order valence-corrected chi connectivity index (χ1v) is 6.29. The van der Waals surface area contributed by atoms with Crippen molar-refractivity contribution in [1.82, 2.24) is 0 Å². The van der Waals surface area contributed by atoms with E-state index in [2.05, 4.69) is 13.0 Å². The quantitative estimate of drug-likeness (QED) is 0.492. The van der Waals surface area contributed by atoms with Crippen LogP contribution in [0.15, 0.2) is 0 Å². The maximum Gasteiger partial charge on any atom is 0.326 e. The monoisotopic (exact) mass is 223 g/mol. The Morgan fingerprint density at radius 1 is 1.44 bits per heavy atom. The van der Waals surface area contributed by atoms with Crippen LogP contribution in [0.25, 0.3) is 0 Å². The van der Waals surface area contributed by atoms with E-state index in [9.17, 15) is 4.79 Å². The third-order valence-corrected chi connectivity index (χ3v) is 3.35. The molecule has 0 radical (unpaired) electrons. The minimum atomic E-state index is -0.789. The smallest absolute Gasteiger partial charge is 0.326 e. The number of carbonyl (C=O) groups excluding carboxylic acids is 1. The summed E-state index contributed by atoms with van der Waals surface area (Å²) >= 11 is 0. The molecule has 1 rings (SSSR count). The second kappa shape index (κ2) is 5.89. The van der Waals surface area contributed by atoms with Crippen LogP contribution < -0.4 is 0 Å². The van der Waals surface area contributed by atoms with Crippen molar-refractivity contribution in [3.8, 4) is 6.07 Å². The fraction of sp³-hybridized carbons (Fsp3) is 0.846. The molecule has 1 saturated carbocycles. The average Bonchev–Trinajstić information content (AvgIpc) is 3.00. The molecule has 2 atom stereocenters. The molecule has 1 fully saturated rings. The van der Waals surface area contributed by atoms with Crippen molar-refractivity contribution < 1.29 is 9.53 Å². The van der Waals surface area contributed by atoms with Crippen molar-refractivity contribution in [2.24, 2.45) is 11.3 Å². The molecule has 0 aliphatic heterocycles. The highest BCUT2D eigenvalue weighted by Gasteiger charge is 2.61. The van der Waals surface area contributed by atoms with E-state index in [4.69, 9.17) is 10.00 Å². The molecule has 0 heterocycles. The summed E-state index contributed by atoms with van der Waals surface area (Å²) in [5.74, 6) is -0.0635. The van der Waals surface area contributed by atoms with Crippen LogP contribution in [0.2, 0.25) is 0 Å². The van der Waals surface area contributed by atoms with Gasteiger partial charge in [0.1, 0.15) is 0 Å². The molecule has 1 aliphatic carbocycles. The minimum Gasteiger partial charge on any atom is -0.465 e. The van der Waals surface area contributed by atoms with E-state index in [0.717, 1.165) is 12.8 Å². The number of ether oxygens (including phenoxy) is 1. The predicted molar refractivity (Wildman–Crippen MR) is 61.5 cm³/mol. The molecule has 1 aliphatic rings. The van der Waals surface area contributed by atoms with Crippen molar-refractivity contribution >= 4 is 5.97 Å². The number of hydrogen-bond acceptors (Lipinski definition) is 3. The van der Waals surface area contributed by atoms with Gasteiger partial charge in [-0.2, -0.15) is 5.26 Å². The number of carbonyl (C=O) groups is 1. The normalized spacial score (nSPS) is 27.2. The van der Waals surface area contributed by atoms with E-state index in [0.29, 0.717) is 13.0 Å². The Kier molecular flexibility index (Phi) is 4.79. The second-order valence-electron chi connectivity index (χ2n) is 4.55. The summed E-state index contributed by atoms with van der Waals surface area (Å²) in [5, 5.41) is 9.08. The van der Waals surface area contributed by atoms with Gasteiger partial charge in [0.25, 0.3) is 0 Å². The highest BCUT2D eigenvalue weighted by atomic mass is 16.5. The molecule has 0 aromatic rings. The minimum absolute atomic E-state index is 0.244. The number of nitriles is 1. The summed E-state index contributed by atoms with van der Waals surface area (Å²) < 4.78 is 4.96. The lowest BCUT2D eigenvalue weighted by Gasteiger charge is -2.07. The molecule has 0 spiro atoms. The zero-order valence-corrected chi connectivity index (χ0v) is 10.3. The van der Waals surface area contributed by atoms with Crippen LogP contribution >= 0.6 is 0 Å². The van der Waals surface area contributed by atoms with Crippen LogP contribution in [0, 0.1) is 22.7 Å². The van der Waals surface area contributed by atoms with Crippen LogP contribution in [0.4, 0.5) is 0 Å². The van der Waals surface area contributed by atoms with Crippen molar-refractivity contribution in [2.45, 2.75) is 52.4 Å². The van der Waals surface area contributed by atoms with Gasteiger partial charge in [0.2, 0.25) is 0 Å². The van der Waals surface area contributed by atoms with Crippen LogP contribution in [0.1, 0.15) is 52.4 Å². The molecule has 0 unspecified atom stereocenters. The lowest BCUT2D eigenvalue weighted by molar-refractivity contribution is -0.147. The molecular formula is C13H21NO2. The fourth-order valence-electron chi connectivity index (χ4n) is 2.19. The molecule has 3 nitrogen and oxygen atoms in total. The van der Waals surface area contributed by atoms with Gasteiger partial charge in [0.15, 0.2) is 5.41 Å². The highest BCUT2D eigenvalue weighted by Crippen LogP contribution is 2.55. The van der Waals surface area contributed by atoms with E-state index in [1.165, 1.54) is 19.3 Å². The maximum atomic E-state index is 11.6. The number of unbranched alkanes of at least 4 members (excludes halogenated alkanes) is 3. The largest absolute Gasteiger partial charge is 0.465 e. The summed E-state index contributed by atoms with van der Waals surface area (Å²) in [6.07, 6.45) is 6.48. The van der Waals surface area contributed by atoms with Crippen LogP contribution in [0.5, 0.6) is 0 Å². The zero-order chi connectivity index (χ0) is 12.0. The van der Waals surface area contributed by atoms with Crippen molar-refractivity contribution in [3.05, 3.63) is 0 Å². The third kappa shape index (κ3) is 2.75. The molecule has 0 aromatic heterocycles. The van der Waals surface area contributed by atoms with Crippen LogP contribution in [-0.4, -0.2) is 12.6 Å². The van der Waals surface area contributed by atoms with Gasteiger partial charge >= 0.3 is 5.97 Å². The standard InChI is InChI=1S/C13H21NO2/c1-3-5-6-7-8-11-9-13(11,10-14)12(15)16-4-2/h11H,3-9H2,1-2H3/t11-,13+/m1/s1. The SMILES string of the molecule is CCCCCC[C@@H]1C[C@@]1(C#N)C(=O)OCC. The summed E-state index contributed by atoms with van der Waals surface area (Å²) in [6, 6.07) is 2.15. The zero-order valence-electron chi connectivity index (χ0n) is 10.3. The van der Waals surface area contributed by atoms with Gasteiger partial charge in [-0.05, 0) is 25.7 Å². The summed E-state index contributed by atoms with van der Waals surface area (Å²) in [5.41, 5.74) is -0.789. The van der Waals surface area contributed by atoms with Crippen LogP contribution in [-0.2, 0) is 9.53 Å². The number of nitrogens with zero attached hydrogens (tertiary/aromatic N) is 1. The molecule has 0 saturated heterocycles. The van der Waals surface area contributed by atoms with Gasteiger partial charge in [-0.15, -0.1) is 0 Å². The molecule has 0 bridgehead atoms. The van der Waals surface area contributed by atoms with Crippen molar-refractivity contribution in [1.29, 1.82) is 5.26 Å². The molecule has 90 valence electrons. The number of esters is 1. The second-order valence-corrected chi connectivity index (χ2v) is 4.55. The van der Waals surface area contributed by atoms with Gasteiger partial charge in [-0.3, -0.25) is 4.79 Å². The third-order valence-electron chi connectivity index (χ3n) is 3.35. The summed E-state index contributed by atoms with van der Waals surface area (Å²) in [7, 11) is 0. The van der Waals surface area contributed by atoms with Gasteiger partial charge in [0, 0.05) is 0 Å². The number of rotatable bonds is 7. The lowest BCUT2D eigenvalue weighted by Crippen LogP contribution is -2.19. The van der Waals surface area contributed by atoms with Crippen LogP contribution in [0.3, 0.4) is 0 Å². The Balaban J connectivity index is 2.32. The fourth-order valence-corrected chi connectivity index (χ4v) is 2.19. The predicted octanol–water partition coefficient (Wildman–Crippen LogP) is 3.05. The van der Waals surface area contributed by atoms with Gasteiger partial charge in [-0.25, -0.2) is 0 Å². The first-order chi connectivity index (χ1) is 7.71.